The van der Waals surface area contributed by atoms with Crippen molar-refractivity contribution < 1.29 is 23.9 Å². The Hall–Kier alpha value is -3.18. The fraction of sp³-hybridized carbons (Fsp3) is 0.125. The van der Waals surface area contributed by atoms with E-state index in [9.17, 15) is 18.8 Å². The zero-order valence-corrected chi connectivity index (χ0v) is 12.9. The Bertz CT molecular complexity index is 915. The van der Waals surface area contributed by atoms with Gasteiger partial charge >= 0.3 is 5.97 Å². The number of carbonyl (C=O) groups is 3. The summed E-state index contributed by atoms with van der Waals surface area (Å²) in [6.07, 6.45) is 1.12. The molecule has 7 nitrogen and oxygen atoms in total. The third-order valence-electron chi connectivity index (χ3n) is 3.12. The number of aryl methyl sites for hydroxylation is 1. The summed E-state index contributed by atoms with van der Waals surface area (Å²) >= 11 is 5.94. The van der Waals surface area contributed by atoms with E-state index in [2.05, 4.69) is 5.32 Å². The number of ketones is 1. The fourth-order valence-electron chi connectivity index (χ4n) is 2.01. The number of hydrogen-bond acceptors (Lipinski definition) is 4. The Balaban J connectivity index is 0.00000312. The van der Waals surface area contributed by atoms with Crippen LogP contribution in [0, 0.1) is 17.1 Å². The maximum absolute atomic E-state index is 13.3. The molecule has 1 aromatic heterocycles. The van der Waals surface area contributed by atoms with Crippen molar-refractivity contribution in [1.82, 2.24) is 4.57 Å². The first-order valence-electron chi connectivity index (χ1n) is 6.39. The number of rotatable bonds is 4. The molecule has 2 aromatic rings. The highest BCUT2D eigenvalue weighted by Crippen LogP contribution is 2.25. The van der Waals surface area contributed by atoms with Crippen LogP contribution in [-0.4, -0.2) is 27.3 Å². The minimum Gasteiger partial charge on any atom is -0.475 e. The van der Waals surface area contributed by atoms with E-state index in [0.29, 0.717) is 0 Å². The molecule has 0 radical (unpaired) electrons. The predicted octanol–water partition coefficient (Wildman–Crippen LogP) is 2.84. The Morgan fingerprint density at radius 3 is 2.56 bits per heavy atom. The summed E-state index contributed by atoms with van der Waals surface area (Å²) in [7, 11) is 1.41. The molecular weight excluding hydrogens is 353 g/mol. The first kappa shape index (κ1) is 19.9. The van der Waals surface area contributed by atoms with Crippen molar-refractivity contribution in [2.75, 3.05) is 5.32 Å². The van der Waals surface area contributed by atoms with Crippen LogP contribution in [0.2, 0.25) is 5.02 Å². The van der Waals surface area contributed by atoms with Crippen LogP contribution in [0.4, 0.5) is 10.1 Å². The SMILES string of the molecule is C.Cn1cc(C(=O)C(=O)O)c(Cl)c1C(=O)Nc1ccc(F)c(C#N)c1. The molecule has 0 saturated heterocycles. The zero-order valence-electron chi connectivity index (χ0n) is 12.1. The van der Waals surface area contributed by atoms with Gasteiger partial charge in [-0.15, -0.1) is 0 Å². The molecule has 0 unspecified atom stereocenters. The number of nitrogens with zero attached hydrogens (tertiary/aromatic N) is 2. The summed E-state index contributed by atoms with van der Waals surface area (Å²) in [5.41, 5.74) is -0.591. The maximum Gasteiger partial charge on any atom is 0.377 e. The molecule has 0 aliphatic carbocycles. The average molecular weight is 366 g/mol. The van der Waals surface area contributed by atoms with Crippen molar-refractivity contribution in [1.29, 1.82) is 5.26 Å². The quantitative estimate of drug-likeness (QED) is 0.639. The maximum atomic E-state index is 13.3. The number of halogens is 2. The number of carbonyl (C=O) groups excluding carboxylic acids is 2. The van der Waals surface area contributed by atoms with Gasteiger partial charge in [-0.25, -0.2) is 9.18 Å². The molecule has 25 heavy (non-hydrogen) atoms. The summed E-state index contributed by atoms with van der Waals surface area (Å²) in [6, 6.07) is 5.03. The van der Waals surface area contributed by atoms with Gasteiger partial charge in [-0.3, -0.25) is 9.59 Å². The number of carboxylic acid groups (broad SMARTS) is 1. The normalized spacial score (nSPS) is 9.68. The van der Waals surface area contributed by atoms with Crippen molar-refractivity contribution in [3.8, 4) is 6.07 Å². The minimum atomic E-state index is -1.70. The monoisotopic (exact) mass is 365 g/mol. The van der Waals surface area contributed by atoms with Gasteiger partial charge < -0.3 is 15.0 Å². The van der Waals surface area contributed by atoms with E-state index in [1.54, 1.807) is 6.07 Å². The number of benzene rings is 1. The van der Waals surface area contributed by atoms with Crippen molar-refractivity contribution >= 4 is 34.9 Å². The summed E-state index contributed by atoms with van der Waals surface area (Å²) in [5.74, 6) is -4.43. The summed E-state index contributed by atoms with van der Waals surface area (Å²) in [5, 5.41) is 19.6. The molecule has 1 aromatic carbocycles. The van der Waals surface area contributed by atoms with E-state index in [1.807, 2.05) is 0 Å². The van der Waals surface area contributed by atoms with Gasteiger partial charge in [0.25, 0.3) is 11.7 Å². The highest BCUT2D eigenvalue weighted by molar-refractivity contribution is 6.46. The van der Waals surface area contributed by atoms with E-state index in [1.165, 1.54) is 17.7 Å². The molecule has 0 saturated carbocycles. The van der Waals surface area contributed by atoms with Crippen LogP contribution < -0.4 is 5.32 Å². The van der Waals surface area contributed by atoms with Gasteiger partial charge in [-0.2, -0.15) is 5.26 Å². The Labute approximate surface area is 147 Å². The van der Waals surface area contributed by atoms with Crippen LogP contribution >= 0.6 is 11.6 Å². The molecule has 2 rings (SSSR count). The Kier molecular flexibility index (Phi) is 6.03. The molecule has 0 aliphatic rings. The van der Waals surface area contributed by atoms with E-state index >= 15 is 0 Å². The predicted molar refractivity (Wildman–Crippen MR) is 88.2 cm³/mol. The molecule has 130 valence electrons. The van der Waals surface area contributed by atoms with Gasteiger partial charge in [0.2, 0.25) is 0 Å². The highest BCUT2D eigenvalue weighted by Gasteiger charge is 2.26. The van der Waals surface area contributed by atoms with E-state index in [4.69, 9.17) is 22.0 Å². The smallest absolute Gasteiger partial charge is 0.377 e. The van der Waals surface area contributed by atoms with Gasteiger partial charge in [0.15, 0.2) is 0 Å². The lowest BCUT2D eigenvalue weighted by Gasteiger charge is -2.07. The van der Waals surface area contributed by atoms with Crippen LogP contribution in [0.5, 0.6) is 0 Å². The Morgan fingerprint density at radius 1 is 1.36 bits per heavy atom. The number of nitrogens with one attached hydrogen (secondary N) is 1. The van der Waals surface area contributed by atoms with Gasteiger partial charge in [0, 0.05) is 18.9 Å². The van der Waals surface area contributed by atoms with Gasteiger partial charge in [0.05, 0.1) is 16.1 Å². The molecular formula is C16H13ClFN3O4. The van der Waals surface area contributed by atoms with Crippen molar-refractivity contribution in [2.24, 2.45) is 7.05 Å². The third-order valence-corrected chi connectivity index (χ3v) is 3.50. The summed E-state index contributed by atoms with van der Waals surface area (Å²) < 4.78 is 14.5. The number of aromatic nitrogens is 1. The van der Waals surface area contributed by atoms with Gasteiger partial charge in [-0.05, 0) is 18.2 Å². The van der Waals surface area contributed by atoms with Gasteiger partial charge in [-0.1, -0.05) is 19.0 Å². The first-order valence-corrected chi connectivity index (χ1v) is 6.77. The topological polar surface area (TPSA) is 112 Å². The van der Waals surface area contributed by atoms with Crippen LogP contribution in [-0.2, 0) is 11.8 Å². The highest BCUT2D eigenvalue weighted by atomic mass is 35.5. The molecule has 1 amide bonds. The molecule has 0 aliphatic heterocycles. The molecule has 0 spiro atoms. The molecule has 0 bridgehead atoms. The lowest BCUT2D eigenvalue weighted by atomic mass is 10.2. The number of hydrogen-bond donors (Lipinski definition) is 2. The van der Waals surface area contributed by atoms with Crippen molar-refractivity contribution in [2.45, 2.75) is 7.43 Å². The first-order chi connectivity index (χ1) is 11.3. The largest absolute Gasteiger partial charge is 0.475 e. The third kappa shape index (κ3) is 3.84. The average Bonchev–Trinajstić information content (AvgIpc) is 2.82. The molecule has 0 atom stereocenters. The van der Waals surface area contributed by atoms with Crippen LogP contribution in [0.1, 0.15) is 33.8 Å². The standard InChI is InChI=1S/C15H9ClFN3O4.CH4/c1-20-6-9(13(21)15(23)24)11(16)12(20)14(22)19-8-2-3-10(17)7(4-8)5-18;/h2-4,6H,1H3,(H,19,22)(H,23,24);1H4. The van der Waals surface area contributed by atoms with Crippen molar-refractivity contribution in [3.05, 3.63) is 52.1 Å². The van der Waals surface area contributed by atoms with Gasteiger partial charge in [0.1, 0.15) is 17.6 Å². The molecule has 2 N–H and O–H groups in total. The summed E-state index contributed by atoms with van der Waals surface area (Å²) in [4.78, 5) is 34.6. The lowest BCUT2D eigenvalue weighted by molar-refractivity contribution is -0.131. The number of amides is 1. The number of anilines is 1. The summed E-state index contributed by atoms with van der Waals surface area (Å²) in [6.45, 7) is 0. The second kappa shape index (κ2) is 7.59. The zero-order chi connectivity index (χ0) is 18.0. The van der Waals surface area contributed by atoms with E-state index in [-0.39, 0.29) is 35.0 Å². The van der Waals surface area contributed by atoms with E-state index in [0.717, 1.165) is 18.3 Å². The number of nitriles is 1. The number of Topliss-reactive ketones (excluding diaryl/α,β-unsaturated/α-hetero) is 1. The molecule has 1 heterocycles. The van der Waals surface area contributed by atoms with Crippen molar-refractivity contribution in [3.63, 3.8) is 0 Å². The van der Waals surface area contributed by atoms with E-state index < -0.39 is 23.5 Å². The Morgan fingerprint density at radius 2 is 2.00 bits per heavy atom. The lowest BCUT2D eigenvalue weighted by Crippen LogP contribution is -2.16. The number of carboxylic acids is 1. The second-order valence-corrected chi connectivity index (χ2v) is 5.09. The molecule has 9 heteroatoms. The second-order valence-electron chi connectivity index (χ2n) is 4.71. The van der Waals surface area contributed by atoms with Crippen LogP contribution in [0.3, 0.4) is 0 Å². The molecule has 0 fully saturated rings. The van der Waals surface area contributed by atoms with Crippen LogP contribution in [0.15, 0.2) is 24.4 Å². The fourth-order valence-corrected chi connectivity index (χ4v) is 2.36. The van der Waals surface area contributed by atoms with Crippen LogP contribution in [0.25, 0.3) is 0 Å². The number of aliphatic carboxylic acids is 1. The minimum absolute atomic E-state index is 0.